The molecule has 2 heterocycles. The van der Waals surface area contributed by atoms with Crippen molar-refractivity contribution >= 4 is 54.9 Å². The van der Waals surface area contributed by atoms with Crippen molar-refractivity contribution in [1.29, 1.82) is 0 Å². The van der Waals surface area contributed by atoms with Crippen LogP contribution in [0.3, 0.4) is 0 Å². The number of hydrogen-bond acceptors (Lipinski definition) is 6. The number of halogens is 2. The molecule has 0 atom stereocenters. The second-order valence-corrected chi connectivity index (χ2v) is 8.47. The van der Waals surface area contributed by atoms with E-state index in [4.69, 9.17) is 21.1 Å². The third-order valence-corrected chi connectivity index (χ3v) is 5.94. The van der Waals surface area contributed by atoms with E-state index in [1.165, 1.54) is 4.88 Å². The van der Waals surface area contributed by atoms with Gasteiger partial charge < -0.3 is 14.4 Å². The molecule has 0 N–H and O–H groups in total. The number of fused-ring (bicyclic) bond motifs is 1. The summed E-state index contributed by atoms with van der Waals surface area (Å²) in [5.74, 6) is 0.821. The molecule has 27 heavy (non-hydrogen) atoms. The van der Waals surface area contributed by atoms with Gasteiger partial charge in [0.15, 0.2) is 0 Å². The van der Waals surface area contributed by atoms with Crippen LogP contribution in [-0.4, -0.2) is 50.5 Å². The summed E-state index contributed by atoms with van der Waals surface area (Å²) < 4.78 is 11.6. The third-order valence-electron chi connectivity index (χ3n) is 4.24. The molecule has 1 aromatic carbocycles. The lowest BCUT2D eigenvalue weighted by molar-refractivity contribution is 0.190. The van der Waals surface area contributed by atoms with Crippen molar-refractivity contribution in [3.63, 3.8) is 0 Å². The Balaban J connectivity index is 2.19. The number of anilines is 1. The predicted molar refractivity (Wildman–Crippen MR) is 116 cm³/mol. The molecule has 3 aromatic rings. The number of thiophene rings is 1. The summed E-state index contributed by atoms with van der Waals surface area (Å²) >= 11 is 11.4. The number of nitrogens with zero attached hydrogens (tertiary/aromatic N) is 3. The zero-order valence-electron chi connectivity index (χ0n) is 15.5. The lowest BCUT2D eigenvalue weighted by atomic mass is 10.0. The van der Waals surface area contributed by atoms with E-state index in [-0.39, 0.29) is 5.28 Å². The Labute approximate surface area is 176 Å². The lowest BCUT2D eigenvalue weighted by Crippen LogP contribution is -2.31. The van der Waals surface area contributed by atoms with E-state index in [0.717, 1.165) is 31.6 Å². The first-order chi connectivity index (χ1) is 13.0. The number of aromatic nitrogens is 2. The van der Waals surface area contributed by atoms with Crippen LogP contribution in [0, 0.1) is 6.92 Å². The first kappa shape index (κ1) is 20.5. The topological polar surface area (TPSA) is 47.5 Å². The van der Waals surface area contributed by atoms with Crippen LogP contribution in [0.25, 0.3) is 21.3 Å². The average molecular weight is 471 g/mol. The minimum Gasteiger partial charge on any atom is -0.383 e. The normalized spacial score (nSPS) is 11.3. The SMILES string of the molecule is COCCN(CCOC)c1nc(Cl)nc2sc(C)c(-c3ccc(Br)cc3)c12. The molecule has 0 aliphatic rings. The van der Waals surface area contributed by atoms with E-state index in [1.807, 2.05) is 12.1 Å². The van der Waals surface area contributed by atoms with E-state index >= 15 is 0 Å². The van der Waals surface area contributed by atoms with Crippen molar-refractivity contribution in [2.24, 2.45) is 0 Å². The second kappa shape index (κ2) is 9.30. The molecule has 5 nitrogen and oxygen atoms in total. The Morgan fingerprint density at radius 2 is 1.70 bits per heavy atom. The van der Waals surface area contributed by atoms with Crippen molar-refractivity contribution in [1.82, 2.24) is 9.97 Å². The molecule has 8 heteroatoms. The fourth-order valence-corrected chi connectivity index (χ4v) is 4.51. The molecule has 0 aliphatic carbocycles. The van der Waals surface area contributed by atoms with E-state index in [1.54, 1.807) is 25.6 Å². The maximum Gasteiger partial charge on any atom is 0.225 e. The predicted octanol–water partition coefficient (Wildman–Crippen LogP) is 5.18. The number of rotatable bonds is 8. The molecule has 0 fully saturated rings. The highest BCUT2D eigenvalue weighted by Crippen LogP contribution is 2.42. The minimum absolute atomic E-state index is 0.251. The summed E-state index contributed by atoms with van der Waals surface area (Å²) in [5.41, 5.74) is 2.28. The molecule has 3 rings (SSSR count). The quantitative estimate of drug-likeness (QED) is 0.424. The largest absolute Gasteiger partial charge is 0.383 e. The molecule has 0 amide bonds. The highest BCUT2D eigenvalue weighted by molar-refractivity contribution is 9.10. The van der Waals surface area contributed by atoms with Crippen molar-refractivity contribution in [2.75, 3.05) is 45.4 Å². The van der Waals surface area contributed by atoms with Gasteiger partial charge >= 0.3 is 0 Å². The Hall–Kier alpha value is -1.25. The first-order valence-electron chi connectivity index (χ1n) is 8.50. The molecule has 0 spiro atoms. The van der Waals surface area contributed by atoms with Gasteiger partial charge in [-0.1, -0.05) is 28.1 Å². The number of ether oxygens (including phenoxy) is 2. The summed E-state index contributed by atoms with van der Waals surface area (Å²) in [6.45, 7) is 4.66. The highest BCUT2D eigenvalue weighted by atomic mass is 79.9. The Bertz CT molecular complexity index is 909. The van der Waals surface area contributed by atoms with Gasteiger partial charge in [-0.25, -0.2) is 4.98 Å². The summed E-state index contributed by atoms with van der Waals surface area (Å²) in [6, 6.07) is 8.29. The van der Waals surface area contributed by atoms with Gasteiger partial charge in [-0.2, -0.15) is 4.98 Å². The molecular formula is C19H21BrClN3O2S. The fraction of sp³-hybridized carbons (Fsp3) is 0.368. The summed E-state index contributed by atoms with van der Waals surface area (Å²) in [7, 11) is 3.39. The average Bonchev–Trinajstić information content (AvgIpc) is 2.97. The van der Waals surface area contributed by atoms with Crippen LogP contribution in [0.5, 0.6) is 0 Å². The molecular weight excluding hydrogens is 450 g/mol. The van der Waals surface area contributed by atoms with E-state index < -0.39 is 0 Å². The van der Waals surface area contributed by atoms with Gasteiger partial charge in [0.25, 0.3) is 0 Å². The molecule has 0 saturated heterocycles. The second-order valence-electron chi connectivity index (χ2n) is 6.01. The van der Waals surface area contributed by atoms with Crippen molar-refractivity contribution in [3.05, 3.63) is 38.9 Å². The minimum atomic E-state index is 0.251. The van der Waals surface area contributed by atoms with Gasteiger partial charge in [-0.15, -0.1) is 11.3 Å². The molecule has 0 unspecified atom stereocenters. The smallest absolute Gasteiger partial charge is 0.225 e. The molecule has 2 aromatic heterocycles. The van der Waals surface area contributed by atoms with Crippen LogP contribution in [0.4, 0.5) is 5.82 Å². The Morgan fingerprint density at radius 3 is 2.30 bits per heavy atom. The van der Waals surface area contributed by atoms with Crippen LogP contribution < -0.4 is 4.90 Å². The maximum atomic E-state index is 6.25. The van der Waals surface area contributed by atoms with Crippen LogP contribution in [0.1, 0.15) is 4.88 Å². The zero-order valence-corrected chi connectivity index (χ0v) is 18.6. The zero-order chi connectivity index (χ0) is 19.4. The maximum absolute atomic E-state index is 6.25. The monoisotopic (exact) mass is 469 g/mol. The molecule has 144 valence electrons. The van der Waals surface area contributed by atoms with Crippen molar-refractivity contribution in [2.45, 2.75) is 6.92 Å². The van der Waals surface area contributed by atoms with Gasteiger partial charge in [-0.3, -0.25) is 0 Å². The van der Waals surface area contributed by atoms with Crippen molar-refractivity contribution < 1.29 is 9.47 Å². The summed E-state index contributed by atoms with van der Waals surface area (Å²) in [4.78, 5) is 13.3. The van der Waals surface area contributed by atoms with Crippen LogP contribution >= 0.6 is 38.9 Å². The Morgan fingerprint density at radius 1 is 1.07 bits per heavy atom. The van der Waals surface area contributed by atoms with E-state index in [0.29, 0.717) is 26.3 Å². The number of benzene rings is 1. The summed E-state index contributed by atoms with van der Waals surface area (Å²) in [5, 5.41) is 1.28. The standard InChI is InChI=1S/C19H21BrClN3O2S/c1-12-15(13-4-6-14(20)7-5-13)16-17(22-19(21)23-18(16)27-12)24(8-10-25-2)9-11-26-3/h4-7H,8-11H2,1-3H3. The van der Waals surface area contributed by atoms with Gasteiger partial charge in [0.2, 0.25) is 5.28 Å². The molecule has 0 saturated carbocycles. The number of hydrogen-bond donors (Lipinski definition) is 0. The van der Waals surface area contributed by atoms with Gasteiger partial charge in [0.05, 0.1) is 18.6 Å². The summed E-state index contributed by atoms with van der Waals surface area (Å²) in [6.07, 6.45) is 0. The Kier molecular flexibility index (Phi) is 7.05. The fourth-order valence-electron chi connectivity index (χ4n) is 2.99. The number of aryl methyl sites for hydroxylation is 1. The molecule has 0 bridgehead atoms. The van der Waals surface area contributed by atoms with Gasteiger partial charge in [-0.05, 0) is 36.2 Å². The number of methoxy groups -OCH3 is 2. The van der Waals surface area contributed by atoms with Crippen LogP contribution in [-0.2, 0) is 9.47 Å². The van der Waals surface area contributed by atoms with Gasteiger partial charge in [0.1, 0.15) is 10.6 Å². The molecule has 0 radical (unpaired) electrons. The lowest BCUT2D eigenvalue weighted by Gasteiger charge is -2.24. The first-order valence-corrected chi connectivity index (χ1v) is 10.5. The van der Waals surface area contributed by atoms with Crippen LogP contribution in [0.15, 0.2) is 28.7 Å². The van der Waals surface area contributed by atoms with Crippen LogP contribution in [0.2, 0.25) is 5.28 Å². The van der Waals surface area contributed by atoms with Crippen molar-refractivity contribution in [3.8, 4) is 11.1 Å². The van der Waals surface area contributed by atoms with E-state index in [9.17, 15) is 0 Å². The molecule has 0 aliphatic heterocycles. The van der Waals surface area contributed by atoms with Gasteiger partial charge in [0, 0.05) is 42.2 Å². The van der Waals surface area contributed by atoms with E-state index in [2.05, 4.69) is 49.9 Å². The third kappa shape index (κ3) is 4.60. The highest BCUT2D eigenvalue weighted by Gasteiger charge is 2.21.